The predicted molar refractivity (Wildman–Crippen MR) is 58.6 cm³/mol. The second kappa shape index (κ2) is 3.61. The SMILES string of the molecule is CSC1CC(C)C(C)(C)CC1C. The van der Waals surface area contributed by atoms with E-state index in [1.165, 1.54) is 12.8 Å². The Labute approximate surface area is 81.5 Å². The van der Waals surface area contributed by atoms with Gasteiger partial charge in [0.05, 0.1) is 0 Å². The number of rotatable bonds is 1. The van der Waals surface area contributed by atoms with Crippen molar-refractivity contribution in [3.05, 3.63) is 0 Å². The third-order valence-corrected chi connectivity index (χ3v) is 4.97. The van der Waals surface area contributed by atoms with Crippen LogP contribution in [0.5, 0.6) is 0 Å². The van der Waals surface area contributed by atoms with Crippen molar-refractivity contribution in [1.82, 2.24) is 0 Å². The summed E-state index contributed by atoms with van der Waals surface area (Å²) in [6.07, 6.45) is 5.07. The fraction of sp³-hybridized carbons (Fsp3) is 1.00. The van der Waals surface area contributed by atoms with E-state index in [1.807, 2.05) is 0 Å². The zero-order valence-corrected chi connectivity index (χ0v) is 9.87. The summed E-state index contributed by atoms with van der Waals surface area (Å²) in [6.45, 7) is 9.67. The van der Waals surface area contributed by atoms with Crippen LogP contribution < -0.4 is 0 Å². The summed E-state index contributed by atoms with van der Waals surface area (Å²) in [7, 11) is 0. The smallest absolute Gasteiger partial charge is 0.00728 e. The fourth-order valence-electron chi connectivity index (χ4n) is 2.39. The molecule has 1 aliphatic rings. The molecule has 0 bridgehead atoms. The molecule has 0 nitrogen and oxygen atoms in total. The topological polar surface area (TPSA) is 0 Å². The predicted octanol–water partition coefficient (Wildman–Crippen LogP) is 3.81. The standard InChI is InChI=1S/C11H22S/c1-8-7-11(3,4)9(2)6-10(8)12-5/h8-10H,6-7H2,1-5H3. The molecule has 1 fully saturated rings. The lowest BCUT2D eigenvalue weighted by atomic mass is 9.66. The summed E-state index contributed by atoms with van der Waals surface area (Å²) >= 11 is 2.06. The van der Waals surface area contributed by atoms with Crippen LogP contribution in [0.4, 0.5) is 0 Å². The molecule has 1 saturated carbocycles. The molecule has 3 unspecified atom stereocenters. The van der Waals surface area contributed by atoms with Crippen LogP contribution in [0.1, 0.15) is 40.5 Å². The lowest BCUT2D eigenvalue weighted by molar-refractivity contribution is 0.121. The zero-order valence-electron chi connectivity index (χ0n) is 9.05. The second-order valence-electron chi connectivity index (χ2n) is 5.08. The Balaban J connectivity index is 2.62. The third-order valence-electron chi connectivity index (χ3n) is 3.71. The normalized spacial score (nSPS) is 41.2. The highest BCUT2D eigenvalue weighted by Gasteiger charge is 2.37. The molecule has 0 spiro atoms. The fourth-order valence-corrected chi connectivity index (χ4v) is 3.43. The quantitative estimate of drug-likeness (QED) is 0.600. The van der Waals surface area contributed by atoms with E-state index in [-0.39, 0.29) is 0 Å². The first-order chi connectivity index (χ1) is 5.47. The number of hydrogen-bond acceptors (Lipinski definition) is 1. The van der Waals surface area contributed by atoms with Crippen LogP contribution in [0.2, 0.25) is 0 Å². The minimum Gasteiger partial charge on any atom is -0.162 e. The maximum Gasteiger partial charge on any atom is 0.00728 e. The Morgan fingerprint density at radius 3 is 2.33 bits per heavy atom. The van der Waals surface area contributed by atoms with Crippen LogP contribution in [0.25, 0.3) is 0 Å². The van der Waals surface area contributed by atoms with Crippen molar-refractivity contribution in [2.24, 2.45) is 17.3 Å². The molecule has 0 aromatic carbocycles. The first-order valence-electron chi connectivity index (χ1n) is 5.00. The minimum atomic E-state index is 0.575. The van der Waals surface area contributed by atoms with E-state index in [0.717, 1.165) is 17.1 Å². The molecule has 1 aliphatic carbocycles. The molecule has 0 radical (unpaired) electrons. The van der Waals surface area contributed by atoms with Gasteiger partial charge in [0.25, 0.3) is 0 Å². The van der Waals surface area contributed by atoms with Gasteiger partial charge in [-0.1, -0.05) is 27.7 Å². The Hall–Kier alpha value is 0.350. The average molecular weight is 186 g/mol. The summed E-state index contributed by atoms with van der Waals surface area (Å²) in [4.78, 5) is 0. The molecule has 0 aromatic rings. The van der Waals surface area contributed by atoms with Crippen molar-refractivity contribution in [3.63, 3.8) is 0 Å². The Bertz CT molecular complexity index is 151. The molecular weight excluding hydrogens is 164 g/mol. The first kappa shape index (κ1) is 10.4. The molecular formula is C11H22S. The summed E-state index contributed by atoms with van der Waals surface area (Å²) in [5.41, 5.74) is 0.575. The Morgan fingerprint density at radius 2 is 1.83 bits per heavy atom. The summed E-state index contributed by atoms with van der Waals surface area (Å²) in [6, 6.07) is 0. The lowest BCUT2D eigenvalue weighted by Crippen LogP contribution is -2.36. The first-order valence-corrected chi connectivity index (χ1v) is 6.29. The van der Waals surface area contributed by atoms with Crippen molar-refractivity contribution in [3.8, 4) is 0 Å². The number of hydrogen-bond donors (Lipinski definition) is 0. The van der Waals surface area contributed by atoms with Gasteiger partial charge in [0.2, 0.25) is 0 Å². The molecule has 0 N–H and O–H groups in total. The monoisotopic (exact) mass is 186 g/mol. The van der Waals surface area contributed by atoms with Crippen molar-refractivity contribution in [1.29, 1.82) is 0 Å². The van der Waals surface area contributed by atoms with Crippen molar-refractivity contribution >= 4 is 11.8 Å². The van der Waals surface area contributed by atoms with Crippen LogP contribution in [-0.4, -0.2) is 11.5 Å². The highest BCUT2D eigenvalue weighted by Crippen LogP contribution is 2.46. The highest BCUT2D eigenvalue weighted by molar-refractivity contribution is 7.99. The summed E-state index contributed by atoms with van der Waals surface area (Å²) in [5.74, 6) is 1.80. The zero-order chi connectivity index (χ0) is 9.35. The second-order valence-corrected chi connectivity index (χ2v) is 6.16. The largest absolute Gasteiger partial charge is 0.162 e. The molecule has 0 heterocycles. The molecule has 1 rings (SSSR count). The van der Waals surface area contributed by atoms with Crippen LogP contribution in [0.3, 0.4) is 0 Å². The van der Waals surface area contributed by atoms with E-state index in [1.54, 1.807) is 0 Å². The van der Waals surface area contributed by atoms with Gasteiger partial charge >= 0.3 is 0 Å². The summed E-state index contributed by atoms with van der Waals surface area (Å²) in [5, 5.41) is 0.910. The van der Waals surface area contributed by atoms with Gasteiger partial charge in [0.15, 0.2) is 0 Å². The number of thioether (sulfide) groups is 1. The van der Waals surface area contributed by atoms with Gasteiger partial charge in [0, 0.05) is 5.25 Å². The molecule has 0 aromatic heterocycles. The van der Waals surface area contributed by atoms with E-state index >= 15 is 0 Å². The van der Waals surface area contributed by atoms with Gasteiger partial charge < -0.3 is 0 Å². The molecule has 1 heteroatoms. The summed E-state index contributed by atoms with van der Waals surface area (Å²) < 4.78 is 0. The average Bonchev–Trinajstić information content (AvgIpc) is 1.96. The van der Waals surface area contributed by atoms with Gasteiger partial charge in [-0.05, 0) is 36.3 Å². The van der Waals surface area contributed by atoms with E-state index in [0.29, 0.717) is 5.41 Å². The van der Waals surface area contributed by atoms with Crippen molar-refractivity contribution in [2.75, 3.05) is 6.26 Å². The van der Waals surface area contributed by atoms with Crippen molar-refractivity contribution < 1.29 is 0 Å². The van der Waals surface area contributed by atoms with Crippen LogP contribution >= 0.6 is 11.8 Å². The van der Waals surface area contributed by atoms with Crippen LogP contribution in [-0.2, 0) is 0 Å². The maximum atomic E-state index is 2.42. The third kappa shape index (κ3) is 1.99. The Kier molecular flexibility index (Phi) is 3.14. The van der Waals surface area contributed by atoms with E-state index in [2.05, 4.69) is 45.7 Å². The van der Waals surface area contributed by atoms with Gasteiger partial charge in [-0.15, -0.1) is 0 Å². The molecule has 0 aliphatic heterocycles. The van der Waals surface area contributed by atoms with E-state index < -0.39 is 0 Å². The molecule has 0 saturated heterocycles. The van der Waals surface area contributed by atoms with Gasteiger partial charge in [0.1, 0.15) is 0 Å². The van der Waals surface area contributed by atoms with Gasteiger partial charge in [-0.2, -0.15) is 11.8 Å². The van der Waals surface area contributed by atoms with E-state index in [4.69, 9.17) is 0 Å². The molecule has 3 atom stereocenters. The minimum absolute atomic E-state index is 0.575. The molecule has 12 heavy (non-hydrogen) atoms. The van der Waals surface area contributed by atoms with Gasteiger partial charge in [-0.25, -0.2) is 0 Å². The maximum absolute atomic E-state index is 2.42. The highest BCUT2D eigenvalue weighted by atomic mass is 32.2. The molecule has 0 amide bonds. The lowest BCUT2D eigenvalue weighted by Gasteiger charge is -2.43. The van der Waals surface area contributed by atoms with Gasteiger partial charge in [-0.3, -0.25) is 0 Å². The Morgan fingerprint density at radius 1 is 1.25 bits per heavy atom. The van der Waals surface area contributed by atoms with Crippen molar-refractivity contribution in [2.45, 2.75) is 45.8 Å². The van der Waals surface area contributed by atoms with Crippen LogP contribution in [0, 0.1) is 17.3 Å². The molecule has 72 valence electrons. The van der Waals surface area contributed by atoms with E-state index in [9.17, 15) is 0 Å². The van der Waals surface area contributed by atoms with Crippen LogP contribution in [0.15, 0.2) is 0 Å².